The van der Waals surface area contributed by atoms with Gasteiger partial charge < -0.3 is 9.47 Å². The Morgan fingerprint density at radius 2 is 2.14 bits per heavy atom. The highest BCUT2D eigenvalue weighted by Gasteiger charge is 2.29. The van der Waals surface area contributed by atoms with Crippen LogP contribution < -0.4 is 9.47 Å². The summed E-state index contributed by atoms with van der Waals surface area (Å²) in [6.45, 7) is 3.93. The monoisotopic (exact) mass is 319 g/mol. The summed E-state index contributed by atoms with van der Waals surface area (Å²) in [5.41, 5.74) is 1.22. The van der Waals surface area contributed by atoms with Crippen LogP contribution in [0.1, 0.15) is 34.5 Å². The molecule has 1 aliphatic rings. The number of benzene rings is 1. The third-order valence-electron chi connectivity index (χ3n) is 4.07. The Morgan fingerprint density at radius 1 is 1.27 bits per heavy atom. The highest BCUT2D eigenvalue weighted by molar-refractivity contribution is 7.11. The Labute approximate surface area is 134 Å². The number of aromatic nitrogens is 2. The van der Waals surface area contributed by atoms with E-state index in [1.807, 2.05) is 19.1 Å². The molecule has 1 aromatic heterocycles. The van der Waals surface area contributed by atoms with Gasteiger partial charge >= 0.3 is 0 Å². The minimum absolute atomic E-state index is 0.366. The molecule has 5 nitrogen and oxygen atoms in total. The molecule has 1 atom stereocenters. The van der Waals surface area contributed by atoms with Gasteiger partial charge in [-0.05, 0) is 32.4 Å². The first-order valence-corrected chi connectivity index (χ1v) is 8.28. The van der Waals surface area contributed by atoms with E-state index in [0.29, 0.717) is 6.04 Å². The van der Waals surface area contributed by atoms with Gasteiger partial charge in [-0.15, -0.1) is 21.5 Å². The van der Waals surface area contributed by atoms with Gasteiger partial charge in [0.25, 0.3) is 0 Å². The van der Waals surface area contributed by atoms with Crippen LogP contribution in [-0.2, 0) is 6.54 Å². The lowest BCUT2D eigenvalue weighted by Crippen LogP contribution is -2.23. The molecule has 3 rings (SSSR count). The first-order valence-electron chi connectivity index (χ1n) is 7.46. The van der Waals surface area contributed by atoms with Gasteiger partial charge in [-0.25, -0.2) is 0 Å². The van der Waals surface area contributed by atoms with Crippen LogP contribution in [0.2, 0.25) is 0 Å². The van der Waals surface area contributed by atoms with E-state index in [1.165, 1.54) is 12.0 Å². The minimum atomic E-state index is 0.366. The molecule has 1 saturated heterocycles. The molecule has 0 bridgehead atoms. The van der Waals surface area contributed by atoms with Crippen molar-refractivity contribution in [1.29, 1.82) is 0 Å². The Balaban J connectivity index is 1.83. The highest BCUT2D eigenvalue weighted by atomic mass is 32.1. The van der Waals surface area contributed by atoms with Crippen LogP contribution in [-0.4, -0.2) is 35.9 Å². The maximum atomic E-state index is 5.57. The molecule has 1 fully saturated rings. The molecule has 0 aliphatic carbocycles. The fraction of sp³-hybridized carbons (Fsp3) is 0.500. The molecular formula is C16H21N3O2S. The molecule has 6 heteroatoms. The van der Waals surface area contributed by atoms with Gasteiger partial charge in [0, 0.05) is 17.7 Å². The first-order chi connectivity index (χ1) is 10.7. The van der Waals surface area contributed by atoms with Crippen LogP contribution in [0, 0.1) is 6.92 Å². The molecule has 118 valence electrons. The molecule has 0 spiro atoms. The SMILES string of the molecule is COc1ccc([C@H]2CCCN2Cc2nnc(C)s2)c(OC)c1. The number of likely N-dealkylation sites (tertiary alicyclic amines) is 1. The third kappa shape index (κ3) is 3.08. The largest absolute Gasteiger partial charge is 0.497 e. The molecule has 0 amide bonds. The lowest BCUT2D eigenvalue weighted by atomic mass is 10.0. The van der Waals surface area contributed by atoms with Gasteiger partial charge in [0.1, 0.15) is 21.5 Å². The van der Waals surface area contributed by atoms with Gasteiger partial charge in [-0.3, -0.25) is 4.90 Å². The molecule has 1 aliphatic heterocycles. The van der Waals surface area contributed by atoms with Crippen LogP contribution in [0.25, 0.3) is 0 Å². The van der Waals surface area contributed by atoms with Gasteiger partial charge in [-0.2, -0.15) is 0 Å². The summed E-state index contributed by atoms with van der Waals surface area (Å²) in [5.74, 6) is 1.72. The summed E-state index contributed by atoms with van der Waals surface area (Å²) in [4.78, 5) is 2.46. The molecule has 0 unspecified atom stereocenters. The first kappa shape index (κ1) is 15.2. The maximum Gasteiger partial charge on any atom is 0.131 e. The van der Waals surface area contributed by atoms with Crippen molar-refractivity contribution in [1.82, 2.24) is 15.1 Å². The predicted molar refractivity (Wildman–Crippen MR) is 86.6 cm³/mol. The van der Waals surface area contributed by atoms with Crippen LogP contribution in [0.3, 0.4) is 0 Å². The summed E-state index contributed by atoms with van der Waals surface area (Å²) >= 11 is 1.67. The summed E-state index contributed by atoms with van der Waals surface area (Å²) in [5, 5.41) is 10.5. The highest BCUT2D eigenvalue weighted by Crippen LogP contribution is 2.39. The number of hydrogen-bond acceptors (Lipinski definition) is 6. The van der Waals surface area contributed by atoms with Crippen LogP contribution >= 0.6 is 11.3 Å². The van der Waals surface area contributed by atoms with Crippen molar-refractivity contribution in [3.05, 3.63) is 33.8 Å². The average molecular weight is 319 g/mol. The molecule has 0 radical (unpaired) electrons. The molecule has 2 heterocycles. The van der Waals surface area contributed by atoms with Crippen molar-refractivity contribution >= 4 is 11.3 Å². The molecule has 22 heavy (non-hydrogen) atoms. The quantitative estimate of drug-likeness (QED) is 0.847. The Bertz CT molecular complexity index is 644. The van der Waals surface area contributed by atoms with Gasteiger partial charge in [0.05, 0.1) is 20.8 Å². The fourth-order valence-electron chi connectivity index (χ4n) is 3.04. The van der Waals surface area contributed by atoms with E-state index < -0.39 is 0 Å². The van der Waals surface area contributed by atoms with Crippen LogP contribution in [0.4, 0.5) is 0 Å². The van der Waals surface area contributed by atoms with Crippen LogP contribution in [0.15, 0.2) is 18.2 Å². The second kappa shape index (κ2) is 6.62. The minimum Gasteiger partial charge on any atom is -0.497 e. The van der Waals surface area contributed by atoms with E-state index in [9.17, 15) is 0 Å². The number of hydrogen-bond donors (Lipinski definition) is 0. The van der Waals surface area contributed by atoms with E-state index in [1.54, 1.807) is 25.6 Å². The molecule has 1 aromatic carbocycles. The van der Waals surface area contributed by atoms with Crippen LogP contribution in [0.5, 0.6) is 11.5 Å². The second-order valence-corrected chi connectivity index (χ2v) is 6.72. The lowest BCUT2D eigenvalue weighted by Gasteiger charge is -2.25. The predicted octanol–water partition coefficient (Wildman–Crippen LogP) is 3.20. The number of methoxy groups -OCH3 is 2. The zero-order chi connectivity index (χ0) is 15.5. The maximum absolute atomic E-state index is 5.57. The van der Waals surface area contributed by atoms with E-state index in [2.05, 4.69) is 21.2 Å². The van der Waals surface area contributed by atoms with Crippen molar-refractivity contribution < 1.29 is 9.47 Å². The third-order valence-corrected chi connectivity index (χ3v) is 4.89. The van der Waals surface area contributed by atoms with E-state index >= 15 is 0 Å². The Morgan fingerprint density at radius 3 is 2.82 bits per heavy atom. The molecule has 0 saturated carbocycles. The number of nitrogens with zero attached hydrogens (tertiary/aromatic N) is 3. The number of rotatable bonds is 5. The van der Waals surface area contributed by atoms with Gasteiger partial charge in [0.2, 0.25) is 0 Å². The van der Waals surface area contributed by atoms with Crippen molar-refractivity contribution in [2.24, 2.45) is 0 Å². The zero-order valence-electron chi connectivity index (χ0n) is 13.2. The van der Waals surface area contributed by atoms with E-state index in [4.69, 9.17) is 9.47 Å². The second-order valence-electron chi connectivity index (χ2n) is 5.45. The van der Waals surface area contributed by atoms with Gasteiger partial charge in [0.15, 0.2) is 0 Å². The van der Waals surface area contributed by atoms with Gasteiger partial charge in [-0.1, -0.05) is 6.07 Å². The fourth-order valence-corrected chi connectivity index (χ4v) is 3.77. The molecule has 0 N–H and O–H groups in total. The topological polar surface area (TPSA) is 47.5 Å². The molecule has 2 aromatic rings. The normalized spacial score (nSPS) is 18.6. The van der Waals surface area contributed by atoms with E-state index in [-0.39, 0.29) is 0 Å². The summed E-state index contributed by atoms with van der Waals surface area (Å²) < 4.78 is 10.9. The smallest absolute Gasteiger partial charge is 0.131 e. The van der Waals surface area contributed by atoms with Crippen molar-refractivity contribution in [3.8, 4) is 11.5 Å². The Hall–Kier alpha value is -1.66. The summed E-state index contributed by atoms with van der Waals surface area (Å²) in [6.07, 6.45) is 2.33. The number of ether oxygens (including phenoxy) is 2. The van der Waals surface area contributed by atoms with Crippen molar-refractivity contribution in [2.45, 2.75) is 32.4 Å². The summed E-state index contributed by atoms with van der Waals surface area (Å²) in [6, 6.07) is 6.45. The zero-order valence-corrected chi connectivity index (χ0v) is 14.0. The molecular weight excluding hydrogens is 298 g/mol. The van der Waals surface area contributed by atoms with E-state index in [0.717, 1.165) is 41.0 Å². The standard InChI is InChI=1S/C16H21N3O2S/c1-11-17-18-16(22-11)10-19-8-4-5-14(19)13-7-6-12(20-2)9-15(13)21-3/h6-7,9,14H,4-5,8,10H2,1-3H3/t14-/m1/s1. The Kier molecular flexibility index (Phi) is 4.59. The average Bonchev–Trinajstić information content (AvgIpc) is 3.16. The van der Waals surface area contributed by atoms with Crippen molar-refractivity contribution in [2.75, 3.05) is 20.8 Å². The van der Waals surface area contributed by atoms with Crippen molar-refractivity contribution in [3.63, 3.8) is 0 Å². The number of aryl methyl sites for hydroxylation is 1. The lowest BCUT2D eigenvalue weighted by molar-refractivity contribution is 0.242. The summed E-state index contributed by atoms with van der Waals surface area (Å²) in [7, 11) is 3.39.